The fourth-order valence-corrected chi connectivity index (χ4v) is 3.49. The molecule has 0 radical (unpaired) electrons. The molecule has 0 fully saturated rings. The zero-order valence-corrected chi connectivity index (χ0v) is 12.2. The van der Waals surface area contributed by atoms with Crippen LogP contribution in [0.5, 0.6) is 0 Å². The number of methoxy groups -OCH3 is 1. The maximum Gasteiger partial charge on any atom is 0.322 e. The fraction of sp³-hybridized carbons (Fsp3) is 0.900. The molecule has 0 saturated heterocycles. The van der Waals surface area contributed by atoms with Crippen molar-refractivity contribution in [3.05, 3.63) is 0 Å². The van der Waals surface area contributed by atoms with Crippen molar-refractivity contribution in [2.45, 2.75) is 19.4 Å². The largest absolute Gasteiger partial charge is 0.468 e. The molecule has 0 aromatic rings. The van der Waals surface area contributed by atoms with E-state index in [1.165, 1.54) is 25.1 Å². The van der Waals surface area contributed by atoms with Crippen molar-refractivity contribution in [2.75, 3.05) is 37.2 Å². The van der Waals surface area contributed by atoms with Crippen LogP contribution in [0.25, 0.3) is 0 Å². The summed E-state index contributed by atoms with van der Waals surface area (Å²) in [5.41, 5.74) is 0. The molecule has 0 heterocycles. The SMILES string of the molecule is CCNC(CCSCCS(C)(=O)=O)C(=O)OC. The lowest BCUT2D eigenvalue weighted by Crippen LogP contribution is -2.37. The minimum absolute atomic E-state index is 0.182. The van der Waals surface area contributed by atoms with Crippen LogP contribution in [0.15, 0.2) is 0 Å². The summed E-state index contributed by atoms with van der Waals surface area (Å²) >= 11 is 1.54. The minimum Gasteiger partial charge on any atom is -0.468 e. The predicted molar refractivity (Wildman–Crippen MR) is 71.1 cm³/mol. The Balaban J connectivity index is 3.79. The number of esters is 1. The molecule has 0 aliphatic rings. The van der Waals surface area contributed by atoms with Gasteiger partial charge in [-0.1, -0.05) is 6.92 Å². The van der Waals surface area contributed by atoms with Crippen molar-refractivity contribution >= 4 is 27.6 Å². The zero-order chi connectivity index (χ0) is 13.3. The molecule has 0 amide bonds. The topological polar surface area (TPSA) is 72.5 Å². The zero-order valence-electron chi connectivity index (χ0n) is 10.6. The van der Waals surface area contributed by atoms with Crippen LogP contribution in [0.1, 0.15) is 13.3 Å². The van der Waals surface area contributed by atoms with E-state index in [1.54, 1.807) is 0 Å². The van der Waals surface area contributed by atoms with Crippen LogP contribution in [0, 0.1) is 0 Å². The highest BCUT2D eigenvalue weighted by Crippen LogP contribution is 2.07. The first kappa shape index (κ1) is 16.7. The lowest BCUT2D eigenvalue weighted by molar-refractivity contribution is -0.143. The van der Waals surface area contributed by atoms with E-state index in [9.17, 15) is 13.2 Å². The smallest absolute Gasteiger partial charge is 0.322 e. The molecular weight excluding hydrogens is 262 g/mol. The molecule has 17 heavy (non-hydrogen) atoms. The second-order valence-electron chi connectivity index (χ2n) is 3.66. The van der Waals surface area contributed by atoms with Crippen molar-refractivity contribution < 1.29 is 17.9 Å². The molecular formula is C10H21NO4S2. The number of likely N-dealkylation sites (N-methyl/N-ethyl adjacent to an activating group) is 1. The fourth-order valence-electron chi connectivity index (χ4n) is 1.21. The van der Waals surface area contributed by atoms with Gasteiger partial charge in [-0.3, -0.25) is 4.79 Å². The van der Waals surface area contributed by atoms with Crippen molar-refractivity contribution in [1.82, 2.24) is 5.32 Å². The Morgan fingerprint density at radius 3 is 2.53 bits per heavy atom. The first-order valence-electron chi connectivity index (χ1n) is 5.47. The van der Waals surface area contributed by atoms with E-state index in [4.69, 9.17) is 0 Å². The van der Waals surface area contributed by atoms with Crippen LogP contribution in [0.3, 0.4) is 0 Å². The van der Waals surface area contributed by atoms with Crippen molar-refractivity contribution in [2.24, 2.45) is 0 Å². The van der Waals surface area contributed by atoms with Gasteiger partial charge in [0.25, 0.3) is 0 Å². The standard InChI is InChI=1S/C10H21NO4S2/c1-4-11-9(10(12)15-2)5-6-16-7-8-17(3,13)14/h9,11H,4-8H2,1-3H3. The lowest BCUT2D eigenvalue weighted by Gasteiger charge is -2.14. The molecule has 0 aliphatic heterocycles. The quantitative estimate of drug-likeness (QED) is 0.485. The van der Waals surface area contributed by atoms with Crippen LogP contribution in [-0.2, 0) is 19.4 Å². The van der Waals surface area contributed by atoms with Gasteiger partial charge in [-0.05, 0) is 18.7 Å². The van der Waals surface area contributed by atoms with E-state index in [-0.39, 0.29) is 17.8 Å². The Hall–Kier alpha value is -0.270. The second-order valence-corrected chi connectivity index (χ2v) is 7.15. The van der Waals surface area contributed by atoms with Gasteiger partial charge in [0.1, 0.15) is 15.9 Å². The Morgan fingerprint density at radius 2 is 2.06 bits per heavy atom. The molecule has 0 bridgehead atoms. The maximum absolute atomic E-state index is 11.3. The molecule has 1 atom stereocenters. The molecule has 1 unspecified atom stereocenters. The summed E-state index contributed by atoms with van der Waals surface area (Å²) in [6.07, 6.45) is 1.87. The Labute approximate surface area is 108 Å². The number of rotatable bonds is 9. The molecule has 0 saturated carbocycles. The molecule has 0 aliphatic carbocycles. The van der Waals surface area contributed by atoms with Crippen molar-refractivity contribution in [3.63, 3.8) is 0 Å². The molecule has 0 aromatic carbocycles. The second kappa shape index (κ2) is 8.77. The number of hydrogen-bond acceptors (Lipinski definition) is 6. The lowest BCUT2D eigenvalue weighted by atomic mass is 10.2. The summed E-state index contributed by atoms with van der Waals surface area (Å²) in [7, 11) is -1.52. The van der Waals surface area contributed by atoms with Crippen molar-refractivity contribution in [1.29, 1.82) is 0 Å². The van der Waals surface area contributed by atoms with Gasteiger partial charge in [0.05, 0.1) is 12.9 Å². The van der Waals surface area contributed by atoms with Gasteiger partial charge in [0, 0.05) is 12.0 Å². The van der Waals surface area contributed by atoms with E-state index < -0.39 is 9.84 Å². The molecule has 5 nitrogen and oxygen atoms in total. The van der Waals surface area contributed by atoms with Crippen LogP contribution in [-0.4, -0.2) is 57.6 Å². The average Bonchev–Trinajstić information content (AvgIpc) is 2.24. The van der Waals surface area contributed by atoms with Gasteiger partial charge in [0.2, 0.25) is 0 Å². The summed E-state index contributed by atoms with van der Waals surface area (Å²) in [6, 6.07) is -0.296. The number of thioether (sulfide) groups is 1. The summed E-state index contributed by atoms with van der Waals surface area (Å²) in [6.45, 7) is 2.63. The van der Waals surface area contributed by atoms with Gasteiger partial charge >= 0.3 is 5.97 Å². The first-order chi connectivity index (χ1) is 7.90. The molecule has 0 aromatic heterocycles. The van der Waals surface area contributed by atoms with Crippen molar-refractivity contribution in [3.8, 4) is 0 Å². The Kier molecular flexibility index (Phi) is 8.63. The van der Waals surface area contributed by atoms with Crippen LogP contribution >= 0.6 is 11.8 Å². The van der Waals surface area contributed by atoms with E-state index in [0.717, 1.165) is 5.75 Å². The third-order valence-corrected chi connectivity index (χ3v) is 4.31. The number of ether oxygens (including phenoxy) is 1. The number of sulfone groups is 1. The molecule has 0 rings (SSSR count). The highest BCUT2D eigenvalue weighted by molar-refractivity contribution is 8.00. The summed E-state index contributed by atoms with van der Waals surface area (Å²) in [4.78, 5) is 11.3. The van der Waals surface area contributed by atoms with Gasteiger partial charge in [-0.15, -0.1) is 0 Å². The van der Waals surface area contributed by atoms with E-state index in [1.807, 2.05) is 6.92 Å². The van der Waals surface area contributed by atoms with E-state index in [2.05, 4.69) is 10.1 Å². The van der Waals surface area contributed by atoms with Gasteiger partial charge in [-0.25, -0.2) is 8.42 Å². The van der Waals surface area contributed by atoms with Crippen LogP contribution < -0.4 is 5.32 Å². The minimum atomic E-state index is -2.88. The van der Waals surface area contributed by atoms with Gasteiger partial charge in [-0.2, -0.15) is 11.8 Å². The molecule has 7 heteroatoms. The first-order valence-corrected chi connectivity index (χ1v) is 8.69. The highest BCUT2D eigenvalue weighted by Gasteiger charge is 2.17. The average molecular weight is 283 g/mol. The van der Waals surface area contributed by atoms with Crippen LogP contribution in [0.4, 0.5) is 0 Å². The number of carbonyl (C=O) groups excluding carboxylic acids is 1. The number of carbonyl (C=O) groups is 1. The Bertz CT molecular complexity index is 316. The third kappa shape index (κ3) is 9.43. The number of nitrogens with one attached hydrogen (secondary N) is 1. The number of hydrogen-bond donors (Lipinski definition) is 1. The van der Waals surface area contributed by atoms with Gasteiger partial charge < -0.3 is 10.1 Å². The third-order valence-electron chi connectivity index (χ3n) is 2.09. The highest BCUT2D eigenvalue weighted by atomic mass is 32.2. The maximum atomic E-state index is 11.3. The van der Waals surface area contributed by atoms with Crippen LogP contribution in [0.2, 0.25) is 0 Å². The monoisotopic (exact) mass is 283 g/mol. The molecule has 0 spiro atoms. The summed E-state index contributed by atoms with van der Waals surface area (Å²) in [5, 5.41) is 3.03. The predicted octanol–water partition coefficient (Wildman–Crippen LogP) is 0.305. The molecule has 102 valence electrons. The Morgan fingerprint density at radius 1 is 1.41 bits per heavy atom. The summed E-state index contributed by atoms with van der Waals surface area (Å²) < 4.78 is 26.4. The van der Waals surface area contributed by atoms with Gasteiger partial charge in [0.15, 0.2) is 0 Å². The van der Waals surface area contributed by atoms with E-state index in [0.29, 0.717) is 18.7 Å². The normalized spacial score (nSPS) is 13.4. The summed E-state index contributed by atoms with van der Waals surface area (Å²) in [5.74, 6) is 1.22. The molecule has 1 N–H and O–H groups in total. The van der Waals surface area contributed by atoms with E-state index >= 15 is 0 Å².